The minimum absolute atomic E-state index is 0.00696. The van der Waals surface area contributed by atoms with Crippen LogP contribution in [0, 0.1) is 5.92 Å². The number of amides is 1. The molecule has 0 radical (unpaired) electrons. The van der Waals surface area contributed by atoms with Gasteiger partial charge in [0.1, 0.15) is 5.69 Å². The van der Waals surface area contributed by atoms with E-state index in [4.69, 9.17) is 5.73 Å². The molecule has 3 rings (SSSR count). The van der Waals surface area contributed by atoms with Gasteiger partial charge in [-0.1, -0.05) is 30.3 Å². The maximum absolute atomic E-state index is 12.5. The van der Waals surface area contributed by atoms with Crippen molar-refractivity contribution in [1.82, 2.24) is 14.5 Å². The highest BCUT2D eigenvalue weighted by Gasteiger charge is 2.36. The largest absolute Gasteiger partial charge is 0.340 e. The molecule has 0 bridgehead atoms. The van der Waals surface area contributed by atoms with Gasteiger partial charge in [0.25, 0.3) is 5.91 Å². The van der Waals surface area contributed by atoms with Gasteiger partial charge < -0.3 is 15.2 Å². The van der Waals surface area contributed by atoms with E-state index < -0.39 is 0 Å². The Balaban J connectivity index is 1.79. The molecule has 21 heavy (non-hydrogen) atoms. The molecule has 1 amide bonds. The lowest BCUT2D eigenvalue weighted by atomic mass is 9.89. The first-order chi connectivity index (χ1) is 10.2. The summed E-state index contributed by atoms with van der Waals surface area (Å²) < 4.78 is 1.79. The minimum Gasteiger partial charge on any atom is -0.340 e. The molecule has 0 saturated carbocycles. The smallest absolute Gasteiger partial charge is 0.274 e. The summed E-state index contributed by atoms with van der Waals surface area (Å²) in [5.41, 5.74) is 7.66. The number of imidazole rings is 1. The van der Waals surface area contributed by atoms with Crippen LogP contribution in [0.5, 0.6) is 0 Å². The van der Waals surface area contributed by atoms with Crippen molar-refractivity contribution in [3.63, 3.8) is 0 Å². The van der Waals surface area contributed by atoms with E-state index in [1.807, 2.05) is 30.1 Å². The molecule has 1 aliphatic heterocycles. The van der Waals surface area contributed by atoms with Crippen LogP contribution in [0.1, 0.15) is 22.0 Å². The Kier molecular flexibility index (Phi) is 3.75. The Labute approximate surface area is 124 Å². The normalized spacial score (nSPS) is 21.7. The molecule has 2 heterocycles. The van der Waals surface area contributed by atoms with Crippen molar-refractivity contribution >= 4 is 5.91 Å². The fourth-order valence-corrected chi connectivity index (χ4v) is 3.04. The van der Waals surface area contributed by atoms with Crippen molar-refractivity contribution in [2.24, 2.45) is 18.7 Å². The fraction of sp³-hybridized carbons (Fsp3) is 0.375. The molecule has 0 unspecified atom stereocenters. The average molecular weight is 284 g/mol. The van der Waals surface area contributed by atoms with E-state index in [9.17, 15) is 4.79 Å². The first-order valence-corrected chi connectivity index (χ1v) is 7.21. The molecule has 1 fully saturated rings. The predicted molar refractivity (Wildman–Crippen MR) is 80.8 cm³/mol. The van der Waals surface area contributed by atoms with Gasteiger partial charge in [0.15, 0.2) is 0 Å². The van der Waals surface area contributed by atoms with E-state index in [1.165, 1.54) is 5.56 Å². The molecule has 1 saturated heterocycles. The highest BCUT2D eigenvalue weighted by atomic mass is 16.2. The van der Waals surface area contributed by atoms with Crippen molar-refractivity contribution < 1.29 is 4.79 Å². The molecule has 2 aromatic rings. The molecule has 0 aliphatic carbocycles. The van der Waals surface area contributed by atoms with Gasteiger partial charge in [-0.05, 0) is 18.0 Å². The van der Waals surface area contributed by atoms with E-state index in [2.05, 4.69) is 17.1 Å². The van der Waals surface area contributed by atoms with Crippen LogP contribution in [0.2, 0.25) is 0 Å². The molecular formula is C16H20N4O. The van der Waals surface area contributed by atoms with Crippen LogP contribution >= 0.6 is 0 Å². The quantitative estimate of drug-likeness (QED) is 0.922. The summed E-state index contributed by atoms with van der Waals surface area (Å²) in [4.78, 5) is 18.5. The Hall–Kier alpha value is -2.14. The standard InChI is InChI=1S/C16H20N4O/c1-19-10-15(18-11-19)16(21)20-8-13(7-17)14(9-20)12-5-3-2-4-6-12/h2-6,10-11,13-14H,7-9,17H2,1H3/t13-,14+/m1/s1. The summed E-state index contributed by atoms with van der Waals surface area (Å²) in [6.07, 6.45) is 3.41. The Morgan fingerprint density at radius 3 is 2.71 bits per heavy atom. The maximum Gasteiger partial charge on any atom is 0.274 e. The Morgan fingerprint density at radius 2 is 2.10 bits per heavy atom. The Morgan fingerprint density at radius 1 is 1.33 bits per heavy atom. The van der Waals surface area contributed by atoms with E-state index in [-0.39, 0.29) is 5.91 Å². The summed E-state index contributed by atoms with van der Waals surface area (Å²) in [6.45, 7) is 2.00. The molecule has 110 valence electrons. The zero-order valence-electron chi connectivity index (χ0n) is 12.1. The maximum atomic E-state index is 12.5. The van der Waals surface area contributed by atoms with Crippen LogP contribution in [0.15, 0.2) is 42.9 Å². The molecule has 2 atom stereocenters. The molecule has 0 spiro atoms. The summed E-state index contributed by atoms with van der Waals surface area (Å²) in [6, 6.07) is 10.3. The van der Waals surface area contributed by atoms with Crippen molar-refractivity contribution in [3.05, 3.63) is 54.1 Å². The van der Waals surface area contributed by atoms with Gasteiger partial charge in [-0.2, -0.15) is 0 Å². The van der Waals surface area contributed by atoms with Crippen LogP contribution in [0.3, 0.4) is 0 Å². The van der Waals surface area contributed by atoms with E-state index in [0.29, 0.717) is 37.2 Å². The van der Waals surface area contributed by atoms with Gasteiger partial charge in [0, 0.05) is 32.3 Å². The van der Waals surface area contributed by atoms with Gasteiger partial charge >= 0.3 is 0 Å². The topological polar surface area (TPSA) is 64.2 Å². The number of rotatable bonds is 3. The van der Waals surface area contributed by atoms with Crippen LogP contribution < -0.4 is 5.73 Å². The minimum atomic E-state index is -0.00696. The van der Waals surface area contributed by atoms with Gasteiger partial charge in [0.2, 0.25) is 0 Å². The molecule has 5 nitrogen and oxygen atoms in total. The number of nitrogens with two attached hydrogens (primary N) is 1. The third kappa shape index (κ3) is 2.69. The van der Waals surface area contributed by atoms with Crippen LogP contribution in [-0.4, -0.2) is 40.0 Å². The fourth-order valence-electron chi connectivity index (χ4n) is 3.04. The van der Waals surface area contributed by atoms with Gasteiger partial charge in [-0.15, -0.1) is 0 Å². The number of likely N-dealkylation sites (tertiary alicyclic amines) is 1. The SMILES string of the molecule is Cn1cnc(C(=O)N2C[C@@H](CN)[C@H](c3ccccc3)C2)c1. The Bertz CT molecular complexity index is 622. The molecule has 1 aromatic carbocycles. The number of hydrogen-bond donors (Lipinski definition) is 1. The van der Waals surface area contributed by atoms with Crippen LogP contribution in [-0.2, 0) is 7.05 Å². The number of carbonyl (C=O) groups excluding carboxylic acids is 1. The average Bonchev–Trinajstić information content (AvgIpc) is 3.13. The molecule has 1 aliphatic rings. The second-order valence-corrected chi connectivity index (χ2v) is 5.65. The predicted octanol–water partition coefficient (Wildman–Crippen LogP) is 1.23. The number of aryl methyl sites for hydroxylation is 1. The van der Waals surface area contributed by atoms with E-state index >= 15 is 0 Å². The van der Waals surface area contributed by atoms with Gasteiger partial charge in [-0.3, -0.25) is 4.79 Å². The van der Waals surface area contributed by atoms with Crippen LogP contribution in [0.4, 0.5) is 0 Å². The van der Waals surface area contributed by atoms with E-state index in [0.717, 1.165) is 0 Å². The van der Waals surface area contributed by atoms with Crippen LogP contribution in [0.25, 0.3) is 0 Å². The highest BCUT2D eigenvalue weighted by molar-refractivity contribution is 5.92. The summed E-state index contributed by atoms with van der Waals surface area (Å²) in [5, 5.41) is 0. The molecule has 2 N–H and O–H groups in total. The zero-order chi connectivity index (χ0) is 14.8. The first-order valence-electron chi connectivity index (χ1n) is 7.21. The van der Waals surface area contributed by atoms with Crippen molar-refractivity contribution in [2.45, 2.75) is 5.92 Å². The third-order valence-corrected chi connectivity index (χ3v) is 4.18. The summed E-state index contributed by atoms with van der Waals surface area (Å²) >= 11 is 0. The second-order valence-electron chi connectivity index (χ2n) is 5.65. The number of benzene rings is 1. The number of aromatic nitrogens is 2. The monoisotopic (exact) mass is 284 g/mol. The number of carbonyl (C=O) groups is 1. The van der Waals surface area contributed by atoms with Gasteiger partial charge in [0.05, 0.1) is 6.33 Å². The lowest BCUT2D eigenvalue weighted by molar-refractivity contribution is 0.0781. The van der Waals surface area contributed by atoms with Crippen molar-refractivity contribution in [1.29, 1.82) is 0 Å². The van der Waals surface area contributed by atoms with Gasteiger partial charge in [-0.25, -0.2) is 4.98 Å². The first kappa shape index (κ1) is 13.8. The van der Waals surface area contributed by atoms with Crippen molar-refractivity contribution in [2.75, 3.05) is 19.6 Å². The number of nitrogens with zero attached hydrogens (tertiary/aromatic N) is 3. The third-order valence-electron chi connectivity index (χ3n) is 4.18. The lowest BCUT2D eigenvalue weighted by Crippen LogP contribution is -2.30. The number of hydrogen-bond acceptors (Lipinski definition) is 3. The van der Waals surface area contributed by atoms with Crippen molar-refractivity contribution in [3.8, 4) is 0 Å². The zero-order valence-corrected chi connectivity index (χ0v) is 12.1. The second kappa shape index (κ2) is 5.69. The molecule has 5 heteroatoms. The molecular weight excluding hydrogens is 264 g/mol. The van der Waals surface area contributed by atoms with E-state index in [1.54, 1.807) is 17.1 Å². The molecule has 1 aromatic heterocycles. The summed E-state index contributed by atoms with van der Waals surface area (Å²) in [5.74, 6) is 0.608. The lowest BCUT2D eigenvalue weighted by Gasteiger charge is -2.16. The highest BCUT2D eigenvalue weighted by Crippen LogP contribution is 2.32. The summed E-state index contributed by atoms with van der Waals surface area (Å²) in [7, 11) is 1.86.